The first kappa shape index (κ1) is 24.7. The smallest absolute Gasteiger partial charge is 0.497 e. The molecule has 0 saturated heterocycles. The van der Waals surface area contributed by atoms with E-state index < -0.39 is 18.0 Å². The van der Waals surface area contributed by atoms with Gasteiger partial charge in [0.2, 0.25) is 5.89 Å². The fraction of sp³-hybridized carbons (Fsp3) is 0.304. The number of carbonyl (C=O) groups is 1. The minimum Gasteiger partial charge on any atom is -0.497 e. The van der Waals surface area contributed by atoms with E-state index in [-0.39, 0.29) is 23.7 Å². The lowest BCUT2D eigenvalue weighted by Gasteiger charge is -2.14. The number of hydrogen-bond acceptors (Lipinski definition) is 7. The first-order valence-electron chi connectivity index (χ1n) is 10.3. The molecule has 1 amide bonds. The van der Waals surface area contributed by atoms with Crippen molar-refractivity contribution in [3.8, 4) is 34.5 Å². The maximum Gasteiger partial charge on any atom is 0.573 e. The standard InChI is InChI=1S/C23H23F3N2O6/c1-4-31-19-8-6-14(10-20(19)32-5-2)22-28-15(13-33-22)12-27-21(29)17-11-16(30-3)7-9-18(17)34-23(24,25)26/h6-11,13H,4-5,12H2,1-3H3,(H,27,29). The van der Waals surface area contributed by atoms with Gasteiger partial charge >= 0.3 is 6.36 Å². The van der Waals surface area contributed by atoms with Gasteiger partial charge in [-0.2, -0.15) is 0 Å². The molecule has 8 nitrogen and oxygen atoms in total. The first-order chi connectivity index (χ1) is 16.2. The number of halogens is 3. The lowest BCUT2D eigenvalue weighted by atomic mass is 10.1. The van der Waals surface area contributed by atoms with Crippen molar-refractivity contribution in [2.24, 2.45) is 0 Å². The van der Waals surface area contributed by atoms with Gasteiger partial charge < -0.3 is 28.7 Å². The van der Waals surface area contributed by atoms with Gasteiger partial charge in [-0.3, -0.25) is 4.79 Å². The number of amides is 1. The van der Waals surface area contributed by atoms with Crippen LogP contribution in [0.1, 0.15) is 29.9 Å². The summed E-state index contributed by atoms with van der Waals surface area (Å²) in [4.78, 5) is 16.9. The monoisotopic (exact) mass is 480 g/mol. The van der Waals surface area contributed by atoms with Crippen molar-refractivity contribution in [3.63, 3.8) is 0 Å². The van der Waals surface area contributed by atoms with Crippen molar-refractivity contribution in [2.45, 2.75) is 26.8 Å². The fourth-order valence-electron chi connectivity index (χ4n) is 3.00. The molecule has 11 heteroatoms. The number of alkyl halides is 3. The Morgan fingerprint density at radius 3 is 2.41 bits per heavy atom. The van der Waals surface area contributed by atoms with Crippen molar-refractivity contribution in [3.05, 3.63) is 53.9 Å². The van der Waals surface area contributed by atoms with E-state index in [1.807, 2.05) is 13.8 Å². The second-order valence-electron chi connectivity index (χ2n) is 6.76. The quantitative estimate of drug-likeness (QED) is 0.438. The van der Waals surface area contributed by atoms with E-state index in [1.165, 1.54) is 19.4 Å². The van der Waals surface area contributed by atoms with Gasteiger partial charge in [0.25, 0.3) is 5.91 Å². The molecule has 0 spiro atoms. The number of oxazole rings is 1. The molecule has 1 aromatic heterocycles. The van der Waals surface area contributed by atoms with Crippen LogP contribution in [0.15, 0.2) is 47.1 Å². The molecule has 3 rings (SSSR count). The Labute approximate surface area is 193 Å². The number of benzene rings is 2. The van der Waals surface area contributed by atoms with Gasteiger partial charge in [-0.25, -0.2) is 4.98 Å². The van der Waals surface area contributed by atoms with Crippen LogP contribution < -0.4 is 24.3 Å². The van der Waals surface area contributed by atoms with Gasteiger partial charge in [-0.15, -0.1) is 13.2 Å². The van der Waals surface area contributed by atoms with Gasteiger partial charge in [0, 0.05) is 5.56 Å². The third-order valence-corrected chi connectivity index (χ3v) is 4.43. The Hall–Kier alpha value is -3.89. The maximum absolute atomic E-state index is 12.7. The molecule has 0 atom stereocenters. The van der Waals surface area contributed by atoms with Crippen molar-refractivity contribution in [1.82, 2.24) is 10.3 Å². The van der Waals surface area contributed by atoms with Crippen molar-refractivity contribution in [2.75, 3.05) is 20.3 Å². The number of carbonyl (C=O) groups excluding carboxylic acids is 1. The highest BCUT2D eigenvalue weighted by molar-refractivity contribution is 5.97. The summed E-state index contributed by atoms with van der Waals surface area (Å²) in [6.45, 7) is 4.53. The van der Waals surface area contributed by atoms with Gasteiger partial charge in [-0.05, 0) is 50.2 Å². The maximum atomic E-state index is 12.7. The Bertz CT molecular complexity index is 1130. The number of methoxy groups -OCH3 is 1. The summed E-state index contributed by atoms with van der Waals surface area (Å²) < 4.78 is 63.7. The van der Waals surface area contributed by atoms with E-state index in [9.17, 15) is 18.0 Å². The second-order valence-corrected chi connectivity index (χ2v) is 6.76. The predicted octanol–water partition coefficient (Wildman–Crippen LogP) is 4.98. The molecule has 0 aliphatic carbocycles. The molecule has 3 aromatic rings. The van der Waals surface area contributed by atoms with Gasteiger partial charge in [0.05, 0.1) is 38.1 Å². The number of rotatable bonds is 10. The molecule has 1 heterocycles. The van der Waals surface area contributed by atoms with E-state index in [1.54, 1.807) is 18.2 Å². The average molecular weight is 480 g/mol. The van der Waals surface area contributed by atoms with Crippen LogP contribution >= 0.6 is 0 Å². The van der Waals surface area contributed by atoms with Gasteiger partial charge in [-0.1, -0.05) is 0 Å². The summed E-state index contributed by atoms with van der Waals surface area (Å²) in [6.07, 6.45) is -3.62. The van der Waals surface area contributed by atoms with Crippen LogP contribution in [-0.4, -0.2) is 37.6 Å². The molecule has 182 valence electrons. The first-order valence-corrected chi connectivity index (χ1v) is 10.3. The molecular weight excluding hydrogens is 457 g/mol. The fourth-order valence-corrected chi connectivity index (χ4v) is 3.00. The van der Waals surface area contributed by atoms with Crippen LogP contribution in [0, 0.1) is 0 Å². The lowest BCUT2D eigenvalue weighted by molar-refractivity contribution is -0.274. The highest BCUT2D eigenvalue weighted by Gasteiger charge is 2.33. The molecular formula is C23H23F3N2O6. The highest BCUT2D eigenvalue weighted by Crippen LogP contribution is 2.33. The highest BCUT2D eigenvalue weighted by atomic mass is 19.4. The largest absolute Gasteiger partial charge is 0.573 e. The lowest BCUT2D eigenvalue weighted by Crippen LogP contribution is -2.25. The zero-order valence-electron chi connectivity index (χ0n) is 18.7. The Kier molecular flexibility index (Phi) is 7.87. The van der Waals surface area contributed by atoms with Crippen molar-refractivity contribution >= 4 is 5.91 Å². The zero-order valence-corrected chi connectivity index (χ0v) is 18.7. The van der Waals surface area contributed by atoms with Crippen LogP contribution in [0.3, 0.4) is 0 Å². The summed E-state index contributed by atoms with van der Waals surface area (Å²) in [7, 11) is 1.33. The normalized spacial score (nSPS) is 11.1. The summed E-state index contributed by atoms with van der Waals surface area (Å²) >= 11 is 0. The number of ether oxygens (including phenoxy) is 4. The van der Waals surface area contributed by atoms with E-state index in [2.05, 4.69) is 15.0 Å². The molecule has 0 fully saturated rings. The molecule has 1 N–H and O–H groups in total. The second kappa shape index (κ2) is 10.8. The van der Waals surface area contributed by atoms with E-state index in [0.717, 1.165) is 12.1 Å². The SMILES string of the molecule is CCOc1ccc(-c2nc(CNC(=O)c3cc(OC)ccc3OC(F)(F)F)co2)cc1OCC. The summed E-state index contributed by atoms with van der Waals surface area (Å²) in [6, 6.07) is 8.63. The molecule has 0 aliphatic rings. The molecule has 0 radical (unpaired) electrons. The summed E-state index contributed by atoms with van der Waals surface area (Å²) in [5.74, 6) is 0.138. The number of nitrogens with one attached hydrogen (secondary N) is 1. The van der Waals surface area contributed by atoms with Crippen LogP contribution in [0.5, 0.6) is 23.0 Å². The van der Waals surface area contributed by atoms with Crippen LogP contribution in [0.4, 0.5) is 13.2 Å². The van der Waals surface area contributed by atoms with Crippen LogP contribution in [0.2, 0.25) is 0 Å². The van der Waals surface area contributed by atoms with Crippen LogP contribution in [0.25, 0.3) is 11.5 Å². The van der Waals surface area contributed by atoms with Crippen molar-refractivity contribution < 1.29 is 41.3 Å². The Morgan fingerprint density at radius 1 is 1.03 bits per heavy atom. The summed E-state index contributed by atoms with van der Waals surface area (Å²) in [5, 5.41) is 2.51. The molecule has 0 unspecified atom stereocenters. The molecule has 0 saturated carbocycles. The Morgan fingerprint density at radius 2 is 1.74 bits per heavy atom. The third-order valence-electron chi connectivity index (χ3n) is 4.43. The molecule has 0 bridgehead atoms. The minimum absolute atomic E-state index is 0.0969. The average Bonchev–Trinajstić information content (AvgIpc) is 3.27. The molecule has 2 aromatic carbocycles. The van der Waals surface area contributed by atoms with E-state index in [4.69, 9.17) is 18.6 Å². The van der Waals surface area contributed by atoms with E-state index >= 15 is 0 Å². The third kappa shape index (κ3) is 6.33. The number of nitrogens with zero attached hydrogens (tertiary/aromatic N) is 1. The predicted molar refractivity (Wildman–Crippen MR) is 115 cm³/mol. The van der Waals surface area contributed by atoms with Crippen molar-refractivity contribution in [1.29, 1.82) is 0 Å². The Balaban J connectivity index is 1.74. The van der Waals surface area contributed by atoms with E-state index in [0.29, 0.717) is 36.0 Å². The van der Waals surface area contributed by atoms with Crippen LogP contribution in [-0.2, 0) is 6.54 Å². The van der Waals surface area contributed by atoms with Gasteiger partial charge in [0.15, 0.2) is 11.5 Å². The van der Waals surface area contributed by atoms with Gasteiger partial charge in [0.1, 0.15) is 17.8 Å². The zero-order chi connectivity index (χ0) is 24.7. The topological polar surface area (TPSA) is 92.1 Å². The summed E-state index contributed by atoms with van der Waals surface area (Å²) in [5.41, 5.74) is 0.641. The minimum atomic E-state index is -4.96. The molecule has 34 heavy (non-hydrogen) atoms. The number of aromatic nitrogens is 1. The number of hydrogen-bond donors (Lipinski definition) is 1. The molecule has 0 aliphatic heterocycles.